The number of hydrogen-bond donors (Lipinski definition) is 0. The molecule has 1 aliphatic heterocycles. The topological polar surface area (TPSA) is 66.9 Å². The monoisotopic (exact) mass is 442 g/mol. The lowest BCUT2D eigenvalue weighted by atomic mass is 9.96. The zero-order chi connectivity index (χ0) is 22.0. The van der Waals surface area contributed by atoms with E-state index in [0.717, 1.165) is 29.7 Å². The van der Waals surface area contributed by atoms with Gasteiger partial charge in [0.05, 0.1) is 12.0 Å². The molecule has 0 N–H and O–H groups in total. The van der Waals surface area contributed by atoms with Crippen LogP contribution in [0.1, 0.15) is 36.8 Å². The fourth-order valence-electron chi connectivity index (χ4n) is 4.14. The molecule has 7 heteroatoms. The summed E-state index contributed by atoms with van der Waals surface area (Å²) in [5.74, 6) is 0.837. The summed E-state index contributed by atoms with van der Waals surface area (Å²) in [5.41, 5.74) is 2.11. The summed E-state index contributed by atoms with van der Waals surface area (Å²) in [6.07, 6.45) is 3.22. The molecule has 4 rings (SSSR count). The number of carbonyl (C=O) groups excluding carboxylic acids is 1. The van der Waals surface area contributed by atoms with Gasteiger partial charge in [0, 0.05) is 31.6 Å². The van der Waals surface area contributed by atoms with Crippen LogP contribution in [0.25, 0.3) is 0 Å². The number of sulfonamides is 1. The molecule has 0 spiro atoms. The number of methoxy groups -OCH3 is 1. The summed E-state index contributed by atoms with van der Waals surface area (Å²) < 4.78 is 32.6. The van der Waals surface area contributed by atoms with Gasteiger partial charge in [-0.2, -0.15) is 4.31 Å². The van der Waals surface area contributed by atoms with E-state index in [-0.39, 0.29) is 11.8 Å². The molecular weight excluding hydrogens is 412 g/mol. The number of nitrogens with zero attached hydrogens (tertiary/aromatic N) is 2. The maximum atomic E-state index is 13.3. The van der Waals surface area contributed by atoms with Crippen molar-refractivity contribution in [1.82, 2.24) is 9.21 Å². The minimum absolute atomic E-state index is 0.122. The highest BCUT2D eigenvalue weighted by Crippen LogP contribution is 2.33. The van der Waals surface area contributed by atoms with Crippen LogP contribution in [0.15, 0.2) is 53.4 Å². The largest absolute Gasteiger partial charge is 0.497 e. The molecule has 0 radical (unpaired) electrons. The molecule has 1 saturated heterocycles. The SMILES string of the molecule is COc1ccc(CN(C(=O)C2CCN(S(=O)(=O)c3ccc(C)cc3)CC2)C2CC2)cc1. The molecule has 0 bridgehead atoms. The first kappa shape index (κ1) is 21.8. The third-order valence-electron chi connectivity index (χ3n) is 6.24. The molecule has 2 fully saturated rings. The number of carbonyl (C=O) groups is 1. The van der Waals surface area contributed by atoms with Crippen molar-refractivity contribution in [2.75, 3.05) is 20.2 Å². The van der Waals surface area contributed by atoms with Crippen molar-refractivity contribution in [2.24, 2.45) is 5.92 Å². The lowest BCUT2D eigenvalue weighted by Crippen LogP contribution is -2.44. The zero-order valence-corrected chi connectivity index (χ0v) is 19.0. The van der Waals surface area contributed by atoms with Crippen LogP contribution in [-0.4, -0.2) is 49.8 Å². The Labute approximate surface area is 184 Å². The van der Waals surface area contributed by atoms with Crippen LogP contribution >= 0.6 is 0 Å². The Morgan fingerprint density at radius 1 is 1.00 bits per heavy atom. The lowest BCUT2D eigenvalue weighted by Gasteiger charge is -2.34. The predicted octanol–water partition coefficient (Wildman–Crippen LogP) is 3.60. The Hall–Kier alpha value is -2.38. The van der Waals surface area contributed by atoms with Crippen LogP contribution in [0.2, 0.25) is 0 Å². The smallest absolute Gasteiger partial charge is 0.243 e. The number of benzene rings is 2. The zero-order valence-electron chi connectivity index (χ0n) is 18.2. The van der Waals surface area contributed by atoms with Crippen molar-refractivity contribution in [3.8, 4) is 5.75 Å². The second-order valence-electron chi connectivity index (χ2n) is 8.54. The van der Waals surface area contributed by atoms with Gasteiger partial charge in [-0.05, 0) is 62.4 Å². The van der Waals surface area contributed by atoms with Crippen LogP contribution in [0, 0.1) is 12.8 Å². The van der Waals surface area contributed by atoms with Gasteiger partial charge in [-0.15, -0.1) is 0 Å². The average molecular weight is 443 g/mol. The first-order valence-corrected chi connectivity index (χ1v) is 12.3. The van der Waals surface area contributed by atoms with E-state index >= 15 is 0 Å². The predicted molar refractivity (Wildman–Crippen MR) is 119 cm³/mol. The molecule has 6 nitrogen and oxygen atoms in total. The Balaban J connectivity index is 1.39. The lowest BCUT2D eigenvalue weighted by molar-refractivity contribution is -0.138. The van der Waals surface area contributed by atoms with Crippen LogP contribution in [0.3, 0.4) is 0 Å². The summed E-state index contributed by atoms with van der Waals surface area (Å²) in [6, 6.07) is 15.1. The Bertz CT molecular complexity index is 1010. The van der Waals surface area contributed by atoms with Gasteiger partial charge >= 0.3 is 0 Å². The standard InChI is InChI=1S/C24H30N2O4S/c1-18-3-11-23(12-4-18)31(28,29)25-15-13-20(14-16-25)24(27)26(21-7-8-21)17-19-5-9-22(30-2)10-6-19/h3-6,9-12,20-21H,7-8,13-17H2,1-2H3. The van der Waals surface area contributed by atoms with E-state index in [2.05, 4.69) is 0 Å². The van der Waals surface area contributed by atoms with E-state index in [1.165, 1.54) is 4.31 Å². The second kappa shape index (κ2) is 9.01. The molecule has 2 aromatic carbocycles. The first-order chi connectivity index (χ1) is 14.9. The van der Waals surface area contributed by atoms with Crippen molar-refractivity contribution in [1.29, 1.82) is 0 Å². The van der Waals surface area contributed by atoms with Crippen molar-refractivity contribution in [3.63, 3.8) is 0 Å². The summed E-state index contributed by atoms with van der Waals surface area (Å²) in [4.78, 5) is 15.6. The molecule has 0 aromatic heterocycles. The van der Waals surface area contributed by atoms with Crippen LogP contribution < -0.4 is 4.74 Å². The van der Waals surface area contributed by atoms with Gasteiger partial charge < -0.3 is 9.64 Å². The Morgan fingerprint density at radius 3 is 2.16 bits per heavy atom. The van der Waals surface area contributed by atoms with Crippen LogP contribution in [0.5, 0.6) is 5.75 Å². The maximum absolute atomic E-state index is 13.3. The van der Waals surface area contributed by atoms with E-state index < -0.39 is 10.0 Å². The fraction of sp³-hybridized carbons (Fsp3) is 0.458. The van der Waals surface area contributed by atoms with E-state index in [4.69, 9.17) is 4.74 Å². The number of aryl methyl sites for hydroxylation is 1. The minimum atomic E-state index is -3.51. The quantitative estimate of drug-likeness (QED) is 0.657. The highest BCUT2D eigenvalue weighted by Gasteiger charge is 2.38. The molecule has 0 atom stereocenters. The molecule has 2 aromatic rings. The van der Waals surface area contributed by atoms with Crippen molar-refractivity contribution >= 4 is 15.9 Å². The van der Waals surface area contributed by atoms with E-state index in [0.29, 0.717) is 43.4 Å². The van der Waals surface area contributed by atoms with Crippen molar-refractivity contribution in [3.05, 3.63) is 59.7 Å². The van der Waals surface area contributed by atoms with Gasteiger partial charge in [0.1, 0.15) is 5.75 Å². The molecular formula is C24H30N2O4S. The normalized spacial score (nSPS) is 18.0. The van der Waals surface area contributed by atoms with Crippen molar-refractivity contribution in [2.45, 2.75) is 50.1 Å². The molecule has 166 valence electrons. The molecule has 31 heavy (non-hydrogen) atoms. The van der Waals surface area contributed by atoms with Gasteiger partial charge in [0.2, 0.25) is 15.9 Å². The molecule has 1 saturated carbocycles. The number of rotatable bonds is 7. The summed E-state index contributed by atoms with van der Waals surface area (Å²) in [5, 5.41) is 0. The summed E-state index contributed by atoms with van der Waals surface area (Å²) in [7, 11) is -1.87. The van der Waals surface area contributed by atoms with E-state index in [1.54, 1.807) is 19.2 Å². The molecule has 1 heterocycles. The molecule has 1 amide bonds. The van der Waals surface area contributed by atoms with Gasteiger partial charge in [0.25, 0.3) is 0 Å². The van der Waals surface area contributed by atoms with E-state index in [1.807, 2.05) is 48.2 Å². The fourth-order valence-corrected chi connectivity index (χ4v) is 5.61. The number of hydrogen-bond acceptors (Lipinski definition) is 4. The third kappa shape index (κ3) is 4.93. The van der Waals surface area contributed by atoms with Gasteiger partial charge in [0.15, 0.2) is 0 Å². The number of piperidine rings is 1. The van der Waals surface area contributed by atoms with Crippen LogP contribution in [-0.2, 0) is 21.4 Å². The van der Waals surface area contributed by atoms with Gasteiger partial charge in [-0.1, -0.05) is 29.8 Å². The van der Waals surface area contributed by atoms with E-state index in [9.17, 15) is 13.2 Å². The highest BCUT2D eigenvalue weighted by molar-refractivity contribution is 7.89. The molecule has 1 aliphatic carbocycles. The summed E-state index contributed by atoms with van der Waals surface area (Å²) >= 11 is 0. The maximum Gasteiger partial charge on any atom is 0.243 e. The average Bonchev–Trinajstić information content (AvgIpc) is 3.63. The number of amides is 1. The molecule has 2 aliphatic rings. The minimum Gasteiger partial charge on any atom is -0.497 e. The second-order valence-corrected chi connectivity index (χ2v) is 10.5. The first-order valence-electron chi connectivity index (χ1n) is 10.9. The van der Waals surface area contributed by atoms with Crippen molar-refractivity contribution < 1.29 is 17.9 Å². The Kier molecular flexibility index (Phi) is 6.34. The number of ether oxygens (including phenoxy) is 1. The summed E-state index contributed by atoms with van der Waals surface area (Å²) in [6.45, 7) is 3.29. The van der Waals surface area contributed by atoms with Gasteiger partial charge in [-0.25, -0.2) is 8.42 Å². The highest BCUT2D eigenvalue weighted by atomic mass is 32.2. The van der Waals surface area contributed by atoms with Gasteiger partial charge in [-0.3, -0.25) is 4.79 Å². The van der Waals surface area contributed by atoms with Crippen LogP contribution in [0.4, 0.5) is 0 Å². The Morgan fingerprint density at radius 2 is 1.61 bits per heavy atom. The molecule has 0 unspecified atom stereocenters. The third-order valence-corrected chi connectivity index (χ3v) is 8.16.